The van der Waals surface area contributed by atoms with Crippen LogP contribution >= 0.6 is 11.3 Å². The van der Waals surface area contributed by atoms with E-state index in [0.717, 1.165) is 28.9 Å². The molecule has 1 aliphatic carbocycles. The van der Waals surface area contributed by atoms with Crippen LogP contribution in [-0.4, -0.2) is 53.0 Å². The molecule has 1 aliphatic rings. The summed E-state index contributed by atoms with van der Waals surface area (Å²) in [6.45, 7) is 3.78. The number of amides is 1. The highest BCUT2D eigenvalue weighted by molar-refractivity contribution is 7.15. The minimum atomic E-state index is -0.721. The number of methoxy groups -OCH3 is 1. The summed E-state index contributed by atoms with van der Waals surface area (Å²) in [7, 11) is 3.04. The number of aryl methyl sites for hydroxylation is 1. The maximum Gasteiger partial charge on any atom is 0.409 e. The van der Waals surface area contributed by atoms with E-state index >= 15 is 0 Å². The van der Waals surface area contributed by atoms with Gasteiger partial charge in [0, 0.05) is 36.8 Å². The first kappa shape index (κ1) is 26.8. The normalized spacial score (nSPS) is 21.5. The highest BCUT2D eigenvalue weighted by Gasteiger charge is 2.39. The number of hydrogen-bond acceptors (Lipinski definition) is 7. The van der Waals surface area contributed by atoms with E-state index in [1.807, 2.05) is 6.07 Å². The lowest BCUT2D eigenvalue weighted by Crippen LogP contribution is -2.55. The first-order valence-corrected chi connectivity index (χ1v) is 12.9. The molecule has 3 aromatic rings. The van der Waals surface area contributed by atoms with Gasteiger partial charge >= 0.3 is 6.09 Å². The Morgan fingerprint density at radius 2 is 1.92 bits per heavy atom. The zero-order valence-corrected chi connectivity index (χ0v) is 22.0. The molecule has 1 amide bonds. The number of nitrogens with two attached hydrogens (primary N) is 1. The van der Waals surface area contributed by atoms with Gasteiger partial charge in [0.2, 0.25) is 0 Å². The number of pyridine rings is 1. The largest absolute Gasteiger partial charge is 0.453 e. The zero-order chi connectivity index (χ0) is 26.9. The molecular weight excluding hydrogens is 498 g/mol. The number of hydrogen-bond donors (Lipinski definition) is 1. The maximum absolute atomic E-state index is 14.3. The van der Waals surface area contributed by atoms with E-state index in [4.69, 9.17) is 10.5 Å². The van der Waals surface area contributed by atoms with Gasteiger partial charge in [-0.05, 0) is 60.9 Å². The minimum absolute atomic E-state index is 0.0541. The fourth-order valence-corrected chi connectivity index (χ4v) is 6.45. The van der Waals surface area contributed by atoms with Crippen LogP contribution < -0.4 is 5.73 Å². The van der Waals surface area contributed by atoms with Gasteiger partial charge in [-0.3, -0.25) is 9.78 Å². The van der Waals surface area contributed by atoms with Crippen molar-refractivity contribution in [1.82, 2.24) is 14.9 Å². The second-order valence-electron chi connectivity index (χ2n) is 9.58. The van der Waals surface area contributed by atoms with Crippen molar-refractivity contribution in [3.63, 3.8) is 0 Å². The van der Waals surface area contributed by atoms with E-state index in [1.54, 1.807) is 31.3 Å². The molecule has 0 unspecified atom stereocenters. The van der Waals surface area contributed by atoms with Gasteiger partial charge in [-0.1, -0.05) is 13.0 Å². The predicted molar refractivity (Wildman–Crippen MR) is 138 cm³/mol. The van der Waals surface area contributed by atoms with Crippen molar-refractivity contribution in [2.24, 2.45) is 11.7 Å². The average Bonchev–Trinajstić information content (AvgIpc) is 3.24. The Morgan fingerprint density at radius 1 is 1.22 bits per heavy atom. The number of likely N-dealkylation sites (N-methyl/N-ethyl adjacent to an activating group) is 1. The summed E-state index contributed by atoms with van der Waals surface area (Å²) in [6.07, 6.45) is 4.41. The third-order valence-electron chi connectivity index (χ3n) is 7.11. The smallest absolute Gasteiger partial charge is 0.409 e. The van der Waals surface area contributed by atoms with Crippen LogP contribution in [0.3, 0.4) is 0 Å². The topological polar surface area (TPSA) is 98.4 Å². The van der Waals surface area contributed by atoms with Crippen molar-refractivity contribution in [3.8, 4) is 10.6 Å². The lowest BCUT2D eigenvalue weighted by atomic mass is 9.72. The quantitative estimate of drug-likeness (QED) is 0.446. The predicted octanol–water partition coefficient (Wildman–Crippen LogP) is 5.12. The van der Waals surface area contributed by atoms with Crippen LogP contribution in [0.2, 0.25) is 0 Å². The molecule has 2 aromatic heterocycles. The SMILES string of the molecule is COC(=O)N(C)[C@@H]1[C@H](N)C[C@H](c2ccncc2CC(=O)c2nc(-c3c(F)cccc3F)sc2C)C[C@@H]1C. The molecular formula is C27H30F2N4O3S. The summed E-state index contributed by atoms with van der Waals surface area (Å²) in [4.78, 5) is 36.1. The summed E-state index contributed by atoms with van der Waals surface area (Å²) in [6, 6.07) is 5.10. The van der Waals surface area contributed by atoms with Crippen LogP contribution in [0.1, 0.15) is 52.2 Å². The summed E-state index contributed by atoms with van der Waals surface area (Å²) < 4.78 is 33.4. The highest BCUT2D eigenvalue weighted by atomic mass is 32.1. The number of aromatic nitrogens is 2. The number of rotatable bonds is 6. The number of thiazole rings is 1. The first-order chi connectivity index (χ1) is 17.6. The van der Waals surface area contributed by atoms with Crippen molar-refractivity contribution in [2.75, 3.05) is 14.2 Å². The van der Waals surface area contributed by atoms with Crippen molar-refractivity contribution in [2.45, 2.75) is 51.1 Å². The molecule has 2 N–H and O–H groups in total. The Kier molecular flexibility index (Phi) is 7.99. The average molecular weight is 529 g/mol. The van der Waals surface area contributed by atoms with Crippen molar-refractivity contribution in [3.05, 3.63) is 70.0 Å². The van der Waals surface area contributed by atoms with Gasteiger partial charge < -0.3 is 15.4 Å². The minimum Gasteiger partial charge on any atom is -0.453 e. The molecule has 0 bridgehead atoms. The molecule has 0 aliphatic heterocycles. The molecule has 1 saturated carbocycles. The Labute approximate surface area is 218 Å². The Bertz CT molecular complexity index is 1280. The van der Waals surface area contributed by atoms with E-state index in [9.17, 15) is 18.4 Å². The molecule has 2 heterocycles. The molecule has 4 rings (SSSR count). The Balaban J connectivity index is 1.56. The Morgan fingerprint density at radius 3 is 2.57 bits per heavy atom. The third-order valence-corrected chi connectivity index (χ3v) is 8.10. The van der Waals surface area contributed by atoms with Crippen LogP contribution in [0.25, 0.3) is 10.6 Å². The number of nitrogens with zero attached hydrogens (tertiary/aromatic N) is 3. The maximum atomic E-state index is 14.3. The van der Waals surface area contributed by atoms with Crippen LogP contribution in [0, 0.1) is 24.5 Å². The van der Waals surface area contributed by atoms with Gasteiger partial charge in [-0.2, -0.15) is 0 Å². The second-order valence-corrected chi connectivity index (χ2v) is 10.8. The number of benzene rings is 1. The van der Waals surface area contributed by atoms with E-state index in [2.05, 4.69) is 16.9 Å². The van der Waals surface area contributed by atoms with Gasteiger partial charge in [-0.15, -0.1) is 11.3 Å². The molecule has 196 valence electrons. The molecule has 4 atom stereocenters. The van der Waals surface area contributed by atoms with Crippen LogP contribution in [0.4, 0.5) is 13.6 Å². The van der Waals surface area contributed by atoms with E-state index in [-0.39, 0.29) is 52.4 Å². The Hall–Kier alpha value is -3.24. The van der Waals surface area contributed by atoms with Crippen LogP contribution in [0.5, 0.6) is 0 Å². The monoisotopic (exact) mass is 528 g/mol. The molecule has 1 fully saturated rings. The van der Waals surface area contributed by atoms with Crippen molar-refractivity contribution < 1.29 is 23.1 Å². The van der Waals surface area contributed by atoms with Crippen molar-refractivity contribution >= 4 is 23.2 Å². The van der Waals surface area contributed by atoms with Crippen molar-refractivity contribution in [1.29, 1.82) is 0 Å². The number of halogens is 2. The molecule has 1 aromatic carbocycles. The number of carbonyl (C=O) groups is 2. The lowest BCUT2D eigenvalue weighted by Gasteiger charge is -2.43. The zero-order valence-electron chi connectivity index (χ0n) is 21.2. The summed E-state index contributed by atoms with van der Waals surface area (Å²) in [5.41, 5.74) is 8.26. The third kappa shape index (κ3) is 5.40. The van der Waals surface area contributed by atoms with Crippen LogP contribution in [0.15, 0.2) is 36.7 Å². The van der Waals surface area contributed by atoms with Crippen LogP contribution in [-0.2, 0) is 11.2 Å². The molecule has 10 heteroatoms. The summed E-state index contributed by atoms with van der Waals surface area (Å²) >= 11 is 1.09. The number of carbonyl (C=O) groups excluding carboxylic acids is 2. The molecule has 37 heavy (non-hydrogen) atoms. The number of ether oxygens (including phenoxy) is 1. The van der Waals surface area contributed by atoms with Gasteiger partial charge in [0.05, 0.1) is 18.7 Å². The van der Waals surface area contributed by atoms with E-state index < -0.39 is 17.7 Å². The standard InChI is InChI=1S/C27H30F2N4O3S/c1-14-10-16(11-21(30)25(14)33(3)27(35)36-4)18-8-9-31-13-17(18)12-22(34)24-15(2)37-26(32-24)23-19(28)6-5-7-20(23)29/h5-9,13-14,16,21,25H,10-12,30H2,1-4H3/t14-,16+,21+,25-/m0/s1. The highest BCUT2D eigenvalue weighted by Crippen LogP contribution is 2.39. The van der Waals surface area contributed by atoms with Gasteiger partial charge in [0.15, 0.2) is 5.78 Å². The molecule has 0 spiro atoms. The summed E-state index contributed by atoms with van der Waals surface area (Å²) in [5, 5.41) is 0.135. The van der Waals surface area contributed by atoms with E-state index in [0.29, 0.717) is 11.3 Å². The fraction of sp³-hybridized carbons (Fsp3) is 0.407. The lowest BCUT2D eigenvalue weighted by molar-refractivity contribution is 0.0776. The van der Waals surface area contributed by atoms with E-state index in [1.165, 1.54) is 25.3 Å². The van der Waals surface area contributed by atoms with Gasteiger partial charge in [0.25, 0.3) is 0 Å². The first-order valence-electron chi connectivity index (χ1n) is 12.1. The fourth-order valence-electron chi connectivity index (χ4n) is 5.47. The van der Waals surface area contributed by atoms with Gasteiger partial charge in [-0.25, -0.2) is 18.6 Å². The summed E-state index contributed by atoms with van der Waals surface area (Å²) in [5.74, 6) is -1.50. The molecule has 7 nitrogen and oxygen atoms in total. The van der Waals surface area contributed by atoms with Gasteiger partial charge in [0.1, 0.15) is 22.3 Å². The molecule has 0 radical (unpaired) electrons. The second kappa shape index (κ2) is 11.0. The molecule has 0 saturated heterocycles. The number of ketones is 1. The number of Topliss-reactive ketones (excluding diaryl/α,β-unsaturated/α-hetero) is 1.